The molecule has 1 unspecified atom stereocenters. The number of carbonyl (C=O) groups is 3. The van der Waals surface area contributed by atoms with E-state index in [1.165, 1.54) is 23.1 Å². The largest absolute Gasteiger partial charge is 0.477 e. The highest BCUT2D eigenvalue weighted by molar-refractivity contribution is 8.00. The van der Waals surface area contributed by atoms with Crippen molar-refractivity contribution in [2.75, 3.05) is 17.6 Å². The molecule has 3 heterocycles. The smallest absolute Gasteiger partial charge is 0.352 e. The quantitative estimate of drug-likeness (QED) is 0.0257. The maximum atomic E-state index is 13.4. The van der Waals surface area contributed by atoms with Gasteiger partial charge >= 0.3 is 5.97 Å². The number of nitrogens with zero attached hydrogens (tertiary/aromatic N) is 6. The van der Waals surface area contributed by atoms with Crippen molar-refractivity contribution in [1.29, 1.82) is 0 Å². The molecule has 3 aromatic carbocycles. The molecule has 2 atom stereocenters. The lowest BCUT2D eigenvalue weighted by molar-refractivity contribution is -0.150. The Balaban J connectivity index is 1.27. The fourth-order valence-corrected chi connectivity index (χ4v) is 7.81. The number of nitrogens with one attached hydrogen (secondary N) is 2. The van der Waals surface area contributed by atoms with Gasteiger partial charge in [0.1, 0.15) is 28.3 Å². The Morgan fingerprint density at radius 2 is 1.57 bits per heavy atom. The summed E-state index contributed by atoms with van der Waals surface area (Å²) in [6, 6.07) is 28.6. The summed E-state index contributed by atoms with van der Waals surface area (Å²) in [5.41, 5.74) is 10.3. The van der Waals surface area contributed by atoms with Crippen LogP contribution in [0, 0.1) is 0 Å². The normalized spacial score (nSPS) is 17.7. The molecule has 6 rings (SSSR count). The number of amides is 2. The van der Waals surface area contributed by atoms with Crippen molar-refractivity contribution in [3.63, 3.8) is 0 Å². The van der Waals surface area contributed by atoms with Crippen LogP contribution >= 0.6 is 23.1 Å². The number of azide groups is 1. The molecule has 47 heavy (non-hydrogen) atoms. The van der Waals surface area contributed by atoms with E-state index in [4.69, 9.17) is 5.53 Å². The molecule has 1 saturated heterocycles. The zero-order chi connectivity index (χ0) is 33.0. The van der Waals surface area contributed by atoms with Gasteiger partial charge in [-0.25, -0.2) is 9.78 Å². The molecule has 0 saturated carbocycles. The fourth-order valence-electron chi connectivity index (χ4n) is 5.73. The number of oxime groups is 1. The van der Waals surface area contributed by atoms with Crippen LogP contribution in [0.2, 0.25) is 0 Å². The second-order valence-corrected chi connectivity index (χ2v) is 12.4. The number of carbonyl (C=O) groups excluding carboxylic acids is 2. The van der Waals surface area contributed by atoms with E-state index in [0.29, 0.717) is 10.7 Å². The van der Waals surface area contributed by atoms with Gasteiger partial charge in [-0.3, -0.25) is 14.5 Å². The third-order valence-electron chi connectivity index (χ3n) is 7.84. The zero-order valence-electron chi connectivity index (χ0n) is 24.4. The lowest BCUT2D eigenvalue weighted by Crippen LogP contribution is -2.71. The molecule has 1 aromatic heterocycles. The van der Waals surface area contributed by atoms with Crippen LogP contribution in [0.15, 0.2) is 118 Å². The molecule has 13 nitrogen and oxygen atoms in total. The fraction of sp³-hybridized carbons (Fsp3) is 0.156. The third kappa shape index (κ3) is 5.78. The average Bonchev–Trinajstić information content (AvgIpc) is 3.57. The van der Waals surface area contributed by atoms with E-state index in [2.05, 4.69) is 30.8 Å². The number of carboxylic acids is 1. The van der Waals surface area contributed by atoms with Gasteiger partial charge in [-0.05, 0) is 27.8 Å². The Labute approximate surface area is 276 Å². The lowest BCUT2D eigenvalue weighted by Gasteiger charge is -2.49. The summed E-state index contributed by atoms with van der Waals surface area (Å²) >= 11 is 2.44. The molecule has 0 radical (unpaired) electrons. The Kier molecular flexibility index (Phi) is 8.93. The van der Waals surface area contributed by atoms with Crippen molar-refractivity contribution < 1.29 is 24.7 Å². The number of aromatic nitrogens is 1. The molecular formula is C32H26N8O5S2. The number of thiazole rings is 1. The summed E-state index contributed by atoms with van der Waals surface area (Å²) in [5, 5.41) is 33.8. The van der Waals surface area contributed by atoms with Crippen molar-refractivity contribution in [2.45, 2.75) is 17.0 Å². The topological polar surface area (TPSA) is 193 Å². The summed E-state index contributed by atoms with van der Waals surface area (Å²) in [5.74, 6) is -2.66. The number of aliphatic carboxylic acids is 1. The number of hydrogen-bond donors (Lipinski definition) is 4. The standard InChI is InChI=1S/C32H26N8O5S2/c33-39-34-16-19-17-46-29-25(28(42)40(29)26(19)30(43)44)36-27(41)24(38-45)23-18-47-31(35-23)37-32(20-10-4-1-5-11-20,21-12-6-2-7-13-21)22-14-8-3-9-15-22/h1-15,18,25,29,45H,16-17H2,(H,35,37)(H,36,41)(H,43,44)/t25?,29-/m1/s1. The summed E-state index contributed by atoms with van der Waals surface area (Å²) in [6.07, 6.45) is 0. The van der Waals surface area contributed by atoms with Crippen LogP contribution in [0.1, 0.15) is 22.4 Å². The van der Waals surface area contributed by atoms with Crippen LogP contribution in [-0.2, 0) is 19.9 Å². The highest BCUT2D eigenvalue weighted by Crippen LogP contribution is 2.42. The summed E-state index contributed by atoms with van der Waals surface area (Å²) < 4.78 is 0. The van der Waals surface area contributed by atoms with E-state index >= 15 is 0 Å². The molecule has 2 aliphatic heterocycles. The van der Waals surface area contributed by atoms with E-state index in [-0.39, 0.29) is 23.7 Å². The number of anilines is 1. The second kappa shape index (κ2) is 13.4. The van der Waals surface area contributed by atoms with Gasteiger partial charge < -0.3 is 20.9 Å². The van der Waals surface area contributed by atoms with Crippen molar-refractivity contribution in [3.8, 4) is 0 Å². The molecule has 0 bridgehead atoms. The zero-order valence-corrected chi connectivity index (χ0v) is 26.1. The van der Waals surface area contributed by atoms with Gasteiger partial charge in [0.2, 0.25) is 0 Å². The Bertz CT molecular complexity index is 1830. The van der Waals surface area contributed by atoms with Crippen LogP contribution < -0.4 is 10.6 Å². The number of β-lactam (4-membered cyclic amide) rings is 1. The minimum absolute atomic E-state index is 0.0725. The lowest BCUT2D eigenvalue weighted by atomic mass is 9.77. The van der Waals surface area contributed by atoms with E-state index in [1.54, 1.807) is 5.38 Å². The predicted molar refractivity (Wildman–Crippen MR) is 177 cm³/mol. The molecule has 15 heteroatoms. The van der Waals surface area contributed by atoms with Gasteiger partial charge in [0, 0.05) is 16.0 Å². The number of thioether (sulfide) groups is 1. The Morgan fingerprint density at radius 3 is 2.09 bits per heavy atom. The van der Waals surface area contributed by atoms with Gasteiger partial charge in [0.05, 0.1) is 6.54 Å². The van der Waals surface area contributed by atoms with Gasteiger partial charge in [-0.15, -0.1) is 23.1 Å². The highest BCUT2D eigenvalue weighted by atomic mass is 32.2. The number of hydrogen-bond acceptors (Lipinski definition) is 10. The SMILES string of the molecule is [N-]=[N+]=NCC1=C(C(=O)O)N2C(=O)C(NC(=O)C(=NO)c3csc(NC(c4ccccc4)(c4ccccc4)c4ccccc4)n3)[C@H]2SC1. The number of fused-ring (bicyclic) bond motifs is 1. The monoisotopic (exact) mass is 666 g/mol. The van der Waals surface area contributed by atoms with Gasteiger partial charge in [0.15, 0.2) is 10.8 Å². The molecule has 0 aliphatic carbocycles. The molecule has 236 valence electrons. The van der Waals surface area contributed by atoms with Crippen LogP contribution in [0.25, 0.3) is 10.4 Å². The highest BCUT2D eigenvalue weighted by Gasteiger charge is 2.54. The van der Waals surface area contributed by atoms with Crippen molar-refractivity contribution in [1.82, 2.24) is 15.2 Å². The van der Waals surface area contributed by atoms with E-state index < -0.39 is 40.4 Å². The maximum absolute atomic E-state index is 13.4. The van der Waals surface area contributed by atoms with Crippen molar-refractivity contribution in [3.05, 3.63) is 140 Å². The van der Waals surface area contributed by atoms with Crippen LogP contribution in [0.5, 0.6) is 0 Å². The van der Waals surface area contributed by atoms with Gasteiger partial charge in [-0.1, -0.05) is 101 Å². The van der Waals surface area contributed by atoms with Crippen LogP contribution in [0.3, 0.4) is 0 Å². The molecule has 4 aromatic rings. The Hall–Kier alpha value is -5.63. The summed E-state index contributed by atoms with van der Waals surface area (Å²) in [6.45, 7) is -0.194. The minimum Gasteiger partial charge on any atom is -0.477 e. The number of carboxylic acid groups (broad SMARTS) is 1. The maximum Gasteiger partial charge on any atom is 0.352 e. The second-order valence-electron chi connectivity index (χ2n) is 10.5. The molecule has 1 fully saturated rings. The number of benzene rings is 3. The predicted octanol–water partition coefficient (Wildman–Crippen LogP) is 4.77. The first-order valence-electron chi connectivity index (χ1n) is 14.2. The summed E-state index contributed by atoms with van der Waals surface area (Å²) in [7, 11) is 0. The molecular weight excluding hydrogens is 641 g/mol. The van der Waals surface area contributed by atoms with Crippen LogP contribution in [0.4, 0.5) is 5.13 Å². The first-order valence-corrected chi connectivity index (χ1v) is 16.2. The van der Waals surface area contributed by atoms with E-state index in [1.807, 2.05) is 91.0 Å². The molecule has 2 amide bonds. The van der Waals surface area contributed by atoms with Crippen molar-refractivity contribution in [2.24, 2.45) is 10.3 Å². The molecule has 0 spiro atoms. The third-order valence-corrected chi connectivity index (χ3v) is 9.94. The van der Waals surface area contributed by atoms with E-state index in [0.717, 1.165) is 21.6 Å². The van der Waals surface area contributed by atoms with E-state index in [9.17, 15) is 24.7 Å². The molecule has 4 N–H and O–H groups in total. The van der Waals surface area contributed by atoms with Crippen molar-refractivity contribution >= 4 is 51.7 Å². The minimum atomic E-state index is -1.34. The first-order chi connectivity index (χ1) is 22.9. The summed E-state index contributed by atoms with van der Waals surface area (Å²) in [4.78, 5) is 46.7. The van der Waals surface area contributed by atoms with Crippen LogP contribution in [-0.4, -0.2) is 67.4 Å². The van der Waals surface area contributed by atoms with Gasteiger partial charge in [0.25, 0.3) is 11.8 Å². The average molecular weight is 667 g/mol. The molecule has 2 aliphatic rings. The first kappa shape index (κ1) is 31.4. The Morgan fingerprint density at radius 1 is 1.00 bits per heavy atom. The number of rotatable bonds is 11. The van der Waals surface area contributed by atoms with Gasteiger partial charge in [-0.2, -0.15) is 0 Å².